The maximum absolute atomic E-state index is 13.2. The van der Waals surface area contributed by atoms with Gasteiger partial charge in [-0.3, -0.25) is 9.59 Å². The number of piperidine rings is 1. The Kier molecular flexibility index (Phi) is 5.56. The second-order valence-electron chi connectivity index (χ2n) is 7.37. The topological polar surface area (TPSA) is 88.3 Å². The first kappa shape index (κ1) is 19.8. The Balaban J connectivity index is 1.43. The van der Waals surface area contributed by atoms with Gasteiger partial charge in [-0.2, -0.15) is 0 Å². The van der Waals surface area contributed by atoms with Crippen molar-refractivity contribution in [1.29, 1.82) is 0 Å². The minimum absolute atomic E-state index is 0.140. The molecule has 7 nitrogen and oxygen atoms in total. The number of amides is 2. The Morgan fingerprint density at radius 1 is 1.13 bits per heavy atom. The van der Waals surface area contributed by atoms with Crippen LogP contribution in [0.4, 0.5) is 10.1 Å². The lowest BCUT2D eigenvalue weighted by atomic mass is 9.96. The zero-order chi connectivity index (χ0) is 21.1. The smallest absolute Gasteiger partial charge is 0.278 e. The molecule has 1 saturated heterocycles. The molecule has 1 unspecified atom stereocenters. The van der Waals surface area contributed by atoms with Gasteiger partial charge in [-0.1, -0.05) is 29.4 Å². The van der Waals surface area contributed by atoms with E-state index in [1.165, 1.54) is 12.1 Å². The number of aromatic nitrogens is 2. The van der Waals surface area contributed by atoms with Crippen LogP contribution in [0.2, 0.25) is 0 Å². The van der Waals surface area contributed by atoms with E-state index in [9.17, 15) is 14.0 Å². The largest absolute Gasteiger partial charge is 0.336 e. The fraction of sp³-hybridized carbons (Fsp3) is 0.273. The summed E-state index contributed by atoms with van der Waals surface area (Å²) in [7, 11) is 0. The van der Waals surface area contributed by atoms with Crippen molar-refractivity contribution < 1.29 is 18.6 Å². The van der Waals surface area contributed by atoms with Gasteiger partial charge in [-0.15, -0.1) is 0 Å². The second-order valence-corrected chi connectivity index (χ2v) is 7.37. The van der Waals surface area contributed by atoms with Gasteiger partial charge < -0.3 is 10.2 Å². The molecule has 1 atom stereocenters. The van der Waals surface area contributed by atoms with E-state index in [4.69, 9.17) is 0 Å². The normalized spacial score (nSPS) is 16.3. The number of hydrogen-bond acceptors (Lipinski definition) is 5. The summed E-state index contributed by atoms with van der Waals surface area (Å²) in [4.78, 5) is 27.1. The minimum atomic E-state index is -0.322. The molecular weight excluding hydrogens is 387 g/mol. The first-order valence-electron chi connectivity index (χ1n) is 9.76. The molecule has 1 aromatic heterocycles. The number of nitrogens with one attached hydrogen (secondary N) is 1. The Morgan fingerprint density at radius 3 is 2.67 bits per heavy atom. The number of carbonyl (C=O) groups excluding carboxylic acids is 2. The van der Waals surface area contributed by atoms with Gasteiger partial charge in [0.1, 0.15) is 11.5 Å². The molecule has 2 heterocycles. The van der Waals surface area contributed by atoms with Crippen molar-refractivity contribution in [2.24, 2.45) is 5.92 Å². The van der Waals surface area contributed by atoms with Crippen LogP contribution in [0, 0.1) is 18.7 Å². The van der Waals surface area contributed by atoms with Gasteiger partial charge in [0.25, 0.3) is 5.91 Å². The van der Waals surface area contributed by atoms with Crippen LogP contribution in [0.15, 0.2) is 53.2 Å². The molecule has 0 bridgehead atoms. The fourth-order valence-corrected chi connectivity index (χ4v) is 3.61. The molecule has 2 aromatic carbocycles. The Hall–Kier alpha value is -3.55. The first-order valence-corrected chi connectivity index (χ1v) is 9.76. The van der Waals surface area contributed by atoms with Crippen LogP contribution in [0.25, 0.3) is 11.1 Å². The molecule has 4 rings (SSSR count). The number of anilines is 1. The van der Waals surface area contributed by atoms with Crippen molar-refractivity contribution in [1.82, 2.24) is 15.2 Å². The van der Waals surface area contributed by atoms with Gasteiger partial charge in [0.05, 0.1) is 5.92 Å². The van der Waals surface area contributed by atoms with E-state index in [1.807, 2.05) is 18.2 Å². The Morgan fingerprint density at radius 2 is 1.93 bits per heavy atom. The average Bonchev–Trinajstić information content (AvgIpc) is 3.20. The van der Waals surface area contributed by atoms with Gasteiger partial charge in [-0.25, -0.2) is 9.02 Å². The summed E-state index contributed by atoms with van der Waals surface area (Å²) in [6.07, 6.45) is 1.42. The molecule has 1 fully saturated rings. The van der Waals surface area contributed by atoms with Crippen molar-refractivity contribution in [3.05, 3.63) is 65.7 Å². The molecule has 0 spiro atoms. The number of hydrogen-bond donors (Lipinski definition) is 1. The van der Waals surface area contributed by atoms with Gasteiger partial charge in [-0.05, 0) is 60.3 Å². The molecule has 154 valence electrons. The van der Waals surface area contributed by atoms with E-state index in [0.29, 0.717) is 30.9 Å². The van der Waals surface area contributed by atoms with Crippen LogP contribution < -0.4 is 5.32 Å². The third-order valence-electron chi connectivity index (χ3n) is 5.24. The molecular formula is C22H21FN4O3. The molecule has 8 heteroatoms. The highest BCUT2D eigenvalue weighted by molar-refractivity contribution is 5.96. The van der Waals surface area contributed by atoms with Crippen LogP contribution in [0.1, 0.15) is 29.0 Å². The zero-order valence-corrected chi connectivity index (χ0v) is 16.5. The summed E-state index contributed by atoms with van der Waals surface area (Å²) in [6.45, 7) is 2.54. The molecule has 1 aliphatic rings. The number of carbonyl (C=O) groups is 2. The number of likely N-dealkylation sites (tertiary alicyclic amines) is 1. The SMILES string of the molecule is Cc1nonc1C(=O)N1CCCC(C(=O)Nc2cccc(-c3ccc(F)cc3)c2)C1. The molecule has 0 aliphatic carbocycles. The van der Waals surface area contributed by atoms with E-state index >= 15 is 0 Å². The van der Waals surface area contributed by atoms with Gasteiger partial charge in [0.2, 0.25) is 5.91 Å². The monoisotopic (exact) mass is 408 g/mol. The molecule has 0 saturated carbocycles. The quantitative estimate of drug-likeness (QED) is 0.712. The maximum atomic E-state index is 13.2. The summed E-state index contributed by atoms with van der Waals surface area (Å²) in [6, 6.07) is 13.6. The fourth-order valence-electron chi connectivity index (χ4n) is 3.61. The van der Waals surface area contributed by atoms with Crippen LogP contribution in [-0.2, 0) is 4.79 Å². The van der Waals surface area contributed by atoms with Crippen molar-refractivity contribution in [2.75, 3.05) is 18.4 Å². The molecule has 1 N–H and O–H groups in total. The van der Waals surface area contributed by atoms with E-state index in [1.54, 1.807) is 30.0 Å². The zero-order valence-electron chi connectivity index (χ0n) is 16.5. The Labute approximate surface area is 172 Å². The lowest BCUT2D eigenvalue weighted by Gasteiger charge is -2.31. The van der Waals surface area contributed by atoms with Crippen LogP contribution in [0.3, 0.4) is 0 Å². The summed E-state index contributed by atoms with van der Waals surface area (Å²) < 4.78 is 17.8. The summed E-state index contributed by atoms with van der Waals surface area (Å²) in [5.74, 6) is -1.03. The Bertz CT molecular complexity index is 1060. The number of halogens is 1. The highest BCUT2D eigenvalue weighted by atomic mass is 19.1. The lowest BCUT2D eigenvalue weighted by molar-refractivity contribution is -0.121. The predicted octanol–water partition coefficient (Wildman–Crippen LogP) is 3.68. The molecule has 1 aliphatic heterocycles. The average molecular weight is 408 g/mol. The standard InChI is InChI=1S/C22H21FN4O3/c1-14-20(26-30-25-14)22(29)27-11-3-5-17(13-27)21(28)24-19-6-2-4-16(12-19)15-7-9-18(23)10-8-15/h2,4,6-10,12,17H,3,5,11,13H2,1H3,(H,24,28). The third kappa shape index (κ3) is 4.22. The van der Waals surface area contributed by atoms with Crippen molar-refractivity contribution in [2.45, 2.75) is 19.8 Å². The summed E-state index contributed by atoms with van der Waals surface area (Å²) in [5, 5.41) is 10.3. The number of rotatable bonds is 4. The maximum Gasteiger partial charge on any atom is 0.278 e. The molecule has 3 aromatic rings. The van der Waals surface area contributed by atoms with E-state index in [-0.39, 0.29) is 29.2 Å². The lowest BCUT2D eigenvalue weighted by Crippen LogP contribution is -2.44. The molecule has 0 radical (unpaired) electrons. The van der Waals surface area contributed by atoms with Crippen molar-refractivity contribution in [3.8, 4) is 11.1 Å². The highest BCUT2D eigenvalue weighted by Gasteiger charge is 2.31. The third-order valence-corrected chi connectivity index (χ3v) is 5.24. The van der Waals surface area contributed by atoms with Gasteiger partial charge in [0.15, 0.2) is 5.69 Å². The predicted molar refractivity (Wildman–Crippen MR) is 108 cm³/mol. The second kappa shape index (κ2) is 8.44. The molecule has 30 heavy (non-hydrogen) atoms. The van der Waals surface area contributed by atoms with Crippen molar-refractivity contribution in [3.63, 3.8) is 0 Å². The van der Waals surface area contributed by atoms with Crippen LogP contribution in [0.5, 0.6) is 0 Å². The number of nitrogens with zero attached hydrogens (tertiary/aromatic N) is 3. The number of benzene rings is 2. The van der Waals surface area contributed by atoms with Crippen molar-refractivity contribution >= 4 is 17.5 Å². The summed E-state index contributed by atoms with van der Waals surface area (Å²) in [5.41, 5.74) is 3.01. The number of aryl methyl sites for hydroxylation is 1. The van der Waals surface area contributed by atoms with Crippen LogP contribution in [-0.4, -0.2) is 40.1 Å². The first-order chi connectivity index (χ1) is 14.5. The van der Waals surface area contributed by atoms with E-state index < -0.39 is 0 Å². The minimum Gasteiger partial charge on any atom is -0.336 e. The van der Waals surface area contributed by atoms with Gasteiger partial charge in [0, 0.05) is 18.8 Å². The summed E-state index contributed by atoms with van der Waals surface area (Å²) >= 11 is 0. The van der Waals surface area contributed by atoms with E-state index in [0.717, 1.165) is 17.5 Å². The van der Waals surface area contributed by atoms with E-state index in [2.05, 4.69) is 20.3 Å². The van der Waals surface area contributed by atoms with Gasteiger partial charge >= 0.3 is 0 Å². The highest BCUT2D eigenvalue weighted by Crippen LogP contribution is 2.25. The molecule has 2 amide bonds. The van der Waals surface area contributed by atoms with Crippen LogP contribution >= 0.6 is 0 Å².